The first kappa shape index (κ1) is 13.3. The molecule has 0 radical (unpaired) electrons. The van der Waals surface area contributed by atoms with Crippen molar-refractivity contribution in [1.29, 1.82) is 5.26 Å². The van der Waals surface area contributed by atoms with Crippen molar-refractivity contribution < 1.29 is 4.39 Å². The molecule has 0 amide bonds. The summed E-state index contributed by atoms with van der Waals surface area (Å²) in [7, 11) is 0. The van der Waals surface area contributed by atoms with Crippen LogP contribution in [0.4, 0.5) is 4.39 Å². The molecule has 0 saturated heterocycles. The van der Waals surface area contributed by atoms with Gasteiger partial charge in [-0.3, -0.25) is 0 Å². The minimum Gasteiger partial charge on any atom is -0.343 e. The molecule has 4 heteroatoms. The summed E-state index contributed by atoms with van der Waals surface area (Å²) in [5, 5.41) is 10.2. The third-order valence-corrected chi connectivity index (χ3v) is 3.60. The van der Waals surface area contributed by atoms with Gasteiger partial charge in [0.1, 0.15) is 5.82 Å². The van der Waals surface area contributed by atoms with E-state index in [1.165, 1.54) is 18.2 Å². The monoisotopic (exact) mass is 279 g/mol. The Balaban J connectivity index is 2.06. The Labute approximate surface area is 122 Å². The highest BCUT2D eigenvalue weighted by molar-refractivity contribution is 5.81. The molecule has 0 saturated carbocycles. The molecular weight excluding hydrogens is 265 g/mol. The van der Waals surface area contributed by atoms with Crippen LogP contribution in [0.25, 0.3) is 10.9 Å². The van der Waals surface area contributed by atoms with E-state index in [-0.39, 0.29) is 5.82 Å². The molecule has 1 aromatic heterocycles. The number of aromatic nitrogens is 1. The minimum absolute atomic E-state index is 0.330. The molecule has 21 heavy (non-hydrogen) atoms. The van der Waals surface area contributed by atoms with Crippen LogP contribution in [-0.2, 0) is 13.1 Å². The lowest BCUT2D eigenvalue weighted by atomic mass is 10.1. The van der Waals surface area contributed by atoms with Crippen LogP contribution in [0.2, 0.25) is 0 Å². The predicted molar refractivity (Wildman–Crippen MR) is 80.0 cm³/mol. The topological polar surface area (TPSA) is 54.7 Å². The van der Waals surface area contributed by atoms with E-state index in [2.05, 4.69) is 6.07 Å². The van der Waals surface area contributed by atoms with E-state index in [0.717, 1.165) is 16.5 Å². The summed E-state index contributed by atoms with van der Waals surface area (Å²) in [6.45, 7) is 0.933. The van der Waals surface area contributed by atoms with Crippen LogP contribution in [0.15, 0.2) is 48.7 Å². The number of nitrogens with two attached hydrogens (primary N) is 1. The van der Waals surface area contributed by atoms with Crippen molar-refractivity contribution in [3.05, 3.63) is 71.2 Å². The number of hydrogen-bond donors (Lipinski definition) is 1. The molecule has 0 atom stereocenters. The van der Waals surface area contributed by atoms with Gasteiger partial charge in [-0.1, -0.05) is 12.1 Å². The van der Waals surface area contributed by atoms with Crippen LogP contribution >= 0.6 is 0 Å². The molecule has 0 spiro atoms. The zero-order valence-electron chi connectivity index (χ0n) is 11.4. The normalized spacial score (nSPS) is 10.7. The highest BCUT2D eigenvalue weighted by Crippen LogP contribution is 2.20. The van der Waals surface area contributed by atoms with Crippen LogP contribution in [0.1, 0.15) is 16.7 Å². The first-order chi connectivity index (χ1) is 10.2. The number of nitriles is 1. The van der Waals surface area contributed by atoms with Gasteiger partial charge in [0.05, 0.1) is 11.6 Å². The maximum atomic E-state index is 13.4. The van der Waals surface area contributed by atoms with Gasteiger partial charge in [-0.2, -0.15) is 5.26 Å². The van der Waals surface area contributed by atoms with Crippen LogP contribution in [0.5, 0.6) is 0 Å². The molecule has 3 nitrogen and oxygen atoms in total. The highest BCUT2D eigenvalue weighted by Gasteiger charge is 2.07. The van der Waals surface area contributed by atoms with Crippen molar-refractivity contribution in [2.75, 3.05) is 0 Å². The van der Waals surface area contributed by atoms with Crippen molar-refractivity contribution in [2.24, 2.45) is 5.73 Å². The zero-order valence-corrected chi connectivity index (χ0v) is 11.4. The highest BCUT2D eigenvalue weighted by atomic mass is 19.1. The van der Waals surface area contributed by atoms with Gasteiger partial charge < -0.3 is 10.3 Å². The molecule has 2 N–H and O–H groups in total. The average Bonchev–Trinajstić information content (AvgIpc) is 2.90. The van der Waals surface area contributed by atoms with Gasteiger partial charge in [0.2, 0.25) is 0 Å². The second kappa shape index (κ2) is 5.39. The number of rotatable bonds is 3. The summed E-state index contributed by atoms with van der Waals surface area (Å²) in [5.41, 5.74) is 8.92. The lowest BCUT2D eigenvalue weighted by Gasteiger charge is -2.08. The lowest BCUT2D eigenvalue weighted by molar-refractivity contribution is 0.623. The molecule has 3 rings (SSSR count). The van der Waals surface area contributed by atoms with Crippen molar-refractivity contribution in [3.8, 4) is 6.07 Å². The van der Waals surface area contributed by atoms with Gasteiger partial charge in [-0.15, -0.1) is 0 Å². The summed E-state index contributed by atoms with van der Waals surface area (Å²) in [4.78, 5) is 0. The Morgan fingerprint density at radius 2 is 2.00 bits per heavy atom. The van der Waals surface area contributed by atoms with E-state index in [1.807, 2.05) is 35.0 Å². The first-order valence-corrected chi connectivity index (χ1v) is 6.67. The molecule has 1 heterocycles. The molecule has 104 valence electrons. The van der Waals surface area contributed by atoms with Gasteiger partial charge in [0.25, 0.3) is 0 Å². The third-order valence-electron chi connectivity index (χ3n) is 3.60. The lowest BCUT2D eigenvalue weighted by Crippen LogP contribution is -2.02. The largest absolute Gasteiger partial charge is 0.343 e. The standard InChI is InChI=1S/C17H14FN3/c18-16-4-3-14(10-20)15(8-16)11-21-6-5-13-2-1-12(9-19)7-17(13)21/h1-8H,9,11,19H2. The fraction of sp³-hybridized carbons (Fsp3) is 0.118. The van der Waals surface area contributed by atoms with Gasteiger partial charge in [0, 0.05) is 24.8 Å². The smallest absolute Gasteiger partial charge is 0.123 e. The number of hydrogen-bond acceptors (Lipinski definition) is 2. The molecule has 0 aliphatic heterocycles. The van der Waals surface area contributed by atoms with Crippen LogP contribution in [-0.4, -0.2) is 4.57 Å². The molecular formula is C17H14FN3. The molecule has 0 fully saturated rings. The van der Waals surface area contributed by atoms with E-state index in [0.29, 0.717) is 24.2 Å². The molecule has 3 aromatic rings. The molecule has 0 aliphatic carbocycles. The maximum Gasteiger partial charge on any atom is 0.123 e. The molecule has 0 bridgehead atoms. The zero-order chi connectivity index (χ0) is 14.8. The molecule has 2 aromatic carbocycles. The number of fused-ring (bicyclic) bond motifs is 1. The van der Waals surface area contributed by atoms with Gasteiger partial charge in [-0.05, 0) is 46.8 Å². The van der Waals surface area contributed by atoms with Gasteiger partial charge in [0.15, 0.2) is 0 Å². The quantitative estimate of drug-likeness (QED) is 0.800. The van der Waals surface area contributed by atoms with Crippen LogP contribution in [0.3, 0.4) is 0 Å². The summed E-state index contributed by atoms with van der Waals surface area (Å²) >= 11 is 0. The fourth-order valence-corrected chi connectivity index (χ4v) is 2.48. The Bertz CT molecular complexity index is 843. The molecule has 0 aliphatic rings. The Morgan fingerprint density at radius 3 is 2.76 bits per heavy atom. The van der Waals surface area contributed by atoms with Gasteiger partial charge in [-0.25, -0.2) is 4.39 Å². The van der Waals surface area contributed by atoms with Crippen LogP contribution < -0.4 is 5.73 Å². The van der Waals surface area contributed by atoms with E-state index in [1.54, 1.807) is 0 Å². The summed E-state index contributed by atoms with van der Waals surface area (Å²) in [6.07, 6.45) is 1.94. The second-order valence-corrected chi connectivity index (χ2v) is 4.95. The first-order valence-electron chi connectivity index (χ1n) is 6.67. The van der Waals surface area contributed by atoms with Crippen molar-refractivity contribution in [3.63, 3.8) is 0 Å². The van der Waals surface area contributed by atoms with Gasteiger partial charge >= 0.3 is 0 Å². The maximum absolute atomic E-state index is 13.4. The van der Waals surface area contributed by atoms with E-state index < -0.39 is 0 Å². The Morgan fingerprint density at radius 1 is 1.14 bits per heavy atom. The van der Waals surface area contributed by atoms with E-state index >= 15 is 0 Å². The summed E-state index contributed by atoms with van der Waals surface area (Å²) in [5.74, 6) is -0.330. The number of halogens is 1. The average molecular weight is 279 g/mol. The van der Waals surface area contributed by atoms with Crippen molar-refractivity contribution >= 4 is 10.9 Å². The Kier molecular flexibility index (Phi) is 3.43. The summed E-state index contributed by atoms with van der Waals surface area (Å²) in [6, 6.07) is 14.4. The molecule has 0 unspecified atom stereocenters. The van der Waals surface area contributed by atoms with E-state index in [9.17, 15) is 4.39 Å². The fourth-order valence-electron chi connectivity index (χ4n) is 2.48. The summed E-state index contributed by atoms with van der Waals surface area (Å²) < 4.78 is 15.4. The van der Waals surface area contributed by atoms with Crippen molar-refractivity contribution in [1.82, 2.24) is 4.57 Å². The van der Waals surface area contributed by atoms with E-state index in [4.69, 9.17) is 11.0 Å². The number of benzene rings is 2. The second-order valence-electron chi connectivity index (χ2n) is 4.95. The SMILES string of the molecule is N#Cc1ccc(F)cc1Cn1ccc2ccc(CN)cc21. The van der Waals surface area contributed by atoms with Crippen LogP contribution in [0, 0.1) is 17.1 Å². The van der Waals surface area contributed by atoms with Crippen molar-refractivity contribution in [2.45, 2.75) is 13.1 Å². The minimum atomic E-state index is -0.330. The Hall–Kier alpha value is -2.64. The third kappa shape index (κ3) is 2.51. The predicted octanol–water partition coefficient (Wildman–Crippen LogP) is 3.16. The number of nitrogens with zero attached hydrogens (tertiary/aromatic N) is 2.